The molecule has 0 amide bonds. The lowest BCUT2D eigenvalue weighted by atomic mass is 9.52. The molecule has 5 rings (SSSR count). The summed E-state index contributed by atoms with van der Waals surface area (Å²) in [4.78, 5) is 4.19. The van der Waals surface area contributed by atoms with Gasteiger partial charge >= 0.3 is 0 Å². The van der Waals surface area contributed by atoms with Crippen molar-refractivity contribution >= 4 is 17.7 Å². The minimum atomic E-state index is 0.433. The summed E-state index contributed by atoms with van der Waals surface area (Å²) in [5.74, 6) is 6.63. The number of hydrogen-bond acceptors (Lipinski definition) is 4. The van der Waals surface area contributed by atoms with Crippen molar-refractivity contribution in [2.45, 2.75) is 37.3 Å². The lowest BCUT2D eigenvalue weighted by Gasteiger charge is -2.54. The first-order valence-electron chi connectivity index (χ1n) is 7.08. The molecule has 0 saturated heterocycles. The average Bonchev–Trinajstić information content (AvgIpc) is 2.73. The average molecular weight is 264 g/mol. The van der Waals surface area contributed by atoms with E-state index in [1.165, 1.54) is 37.9 Å². The highest BCUT2D eigenvalue weighted by molar-refractivity contribution is 7.99. The minimum absolute atomic E-state index is 0.433. The van der Waals surface area contributed by atoms with Crippen LogP contribution in [0.25, 0.3) is 0 Å². The van der Waals surface area contributed by atoms with Gasteiger partial charge in [-0.1, -0.05) is 11.8 Å². The standard InChI is InChI=1S/C13H20N4S/c14-12-15-13(17-16-12)18-6-11-9-2-7-1-8(4-9)5-10(11)3-7/h7-11H,1-6H2,(H3,14,15,16,17). The Kier molecular flexibility index (Phi) is 2.57. The van der Waals surface area contributed by atoms with Crippen LogP contribution in [0.1, 0.15) is 32.1 Å². The quantitative estimate of drug-likeness (QED) is 0.823. The van der Waals surface area contributed by atoms with Crippen molar-refractivity contribution in [2.75, 3.05) is 11.5 Å². The van der Waals surface area contributed by atoms with Gasteiger partial charge in [-0.25, -0.2) is 5.10 Å². The fourth-order valence-electron chi connectivity index (χ4n) is 4.80. The Labute approximate surface area is 112 Å². The molecular weight excluding hydrogens is 244 g/mol. The number of nitrogens with zero attached hydrogens (tertiary/aromatic N) is 2. The Hall–Kier alpha value is -0.710. The first-order valence-corrected chi connectivity index (χ1v) is 8.07. The molecule has 4 fully saturated rings. The van der Waals surface area contributed by atoms with Crippen LogP contribution in [0.3, 0.4) is 0 Å². The summed E-state index contributed by atoms with van der Waals surface area (Å²) in [6.07, 6.45) is 7.51. The van der Waals surface area contributed by atoms with E-state index in [1.54, 1.807) is 11.8 Å². The number of rotatable bonds is 3. The number of thioether (sulfide) groups is 1. The molecule has 5 heteroatoms. The van der Waals surface area contributed by atoms with Crippen molar-refractivity contribution in [1.82, 2.24) is 15.2 Å². The molecule has 0 radical (unpaired) electrons. The molecule has 0 aromatic carbocycles. The zero-order valence-corrected chi connectivity index (χ0v) is 11.3. The first kappa shape index (κ1) is 11.1. The lowest BCUT2D eigenvalue weighted by Crippen LogP contribution is -2.45. The van der Waals surface area contributed by atoms with Crippen molar-refractivity contribution < 1.29 is 0 Å². The van der Waals surface area contributed by atoms with Crippen LogP contribution in [0.15, 0.2) is 5.16 Å². The molecule has 4 saturated carbocycles. The molecule has 1 aromatic rings. The molecule has 0 spiro atoms. The second kappa shape index (κ2) is 4.15. The van der Waals surface area contributed by atoms with Gasteiger partial charge in [-0.15, -0.1) is 5.10 Å². The van der Waals surface area contributed by atoms with Crippen LogP contribution in [-0.2, 0) is 0 Å². The predicted molar refractivity (Wildman–Crippen MR) is 72.1 cm³/mol. The Bertz CT molecular complexity index is 416. The molecular formula is C13H20N4S. The van der Waals surface area contributed by atoms with Gasteiger partial charge in [0.1, 0.15) is 0 Å². The Morgan fingerprint density at radius 1 is 1.11 bits per heavy atom. The topological polar surface area (TPSA) is 67.6 Å². The van der Waals surface area contributed by atoms with Crippen LogP contribution in [0, 0.1) is 29.6 Å². The van der Waals surface area contributed by atoms with E-state index in [0.717, 1.165) is 34.7 Å². The summed E-state index contributed by atoms with van der Waals surface area (Å²) >= 11 is 1.79. The number of nitrogen functional groups attached to an aromatic ring is 1. The first-order chi connectivity index (χ1) is 8.78. The van der Waals surface area contributed by atoms with Crippen molar-refractivity contribution in [2.24, 2.45) is 29.6 Å². The molecule has 0 unspecified atom stereocenters. The smallest absolute Gasteiger partial charge is 0.216 e. The summed E-state index contributed by atoms with van der Waals surface area (Å²) in [7, 11) is 0. The van der Waals surface area contributed by atoms with E-state index in [9.17, 15) is 0 Å². The fourth-order valence-corrected chi connectivity index (χ4v) is 5.96. The largest absolute Gasteiger partial charge is 0.368 e. The third-order valence-corrected chi connectivity index (χ3v) is 6.30. The number of nitrogens with two attached hydrogens (primary N) is 1. The number of aromatic nitrogens is 3. The van der Waals surface area contributed by atoms with Crippen molar-refractivity contribution in [1.29, 1.82) is 0 Å². The number of anilines is 1. The molecule has 4 aliphatic carbocycles. The minimum Gasteiger partial charge on any atom is -0.368 e. The van der Waals surface area contributed by atoms with E-state index in [2.05, 4.69) is 15.2 Å². The second-order valence-corrected chi connectivity index (χ2v) is 7.40. The number of hydrogen-bond donors (Lipinski definition) is 2. The van der Waals surface area contributed by atoms with Gasteiger partial charge < -0.3 is 5.73 Å². The summed E-state index contributed by atoms with van der Waals surface area (Å²) in [6.45, 7) is 0. The van der Waals surface area contributed by atoms with Crippen LogP contribution in [0.5, 0.6) is 0 Å². The molecule has 4 nitrogen and oxygen atoms in total. The SMILES string of the molecule is Nc1nc(SCC2C3CC4CC(C3)CC2C4)n[nH]1. The summed E-state index contributed by atoms with van der Waals surface area (Å²) in [6, 6.07) is 0. The van der Waals surface area contributed by atoms with Gasteiger partial charge in [-0.2, -0.15) is 4.98 Å². The molecule has 4 bridgehead atoms. The van der Waals surface area contributed by atoms with E-state index >= 15 is 0 Å². The lowest BCUT2D eigenvalue weighted by molar-refractivity contribution is -0.0261. The highest BCUT2D eigenvalue weighted by atomic mass is 32.2. The molecule has 98 valence electrons. The highest BCUT2D eigenvalue weighted by Gasteiger charge is 2.47. The highest BCUT2D eigenvalue weighted by Crippen LogP contribution is 2.57. The third-order valence-electron chi connectivity index (χ3n) is 5.31. The Morgan fingerprint density at radius 3 is 2.33 bits per heavy atom. The van der Waals surface area contributed by atoms with Gasteiger partial charge in [0.2, 0.25) is 11.1 Å². The Morgan fingerprint density at radius 2 is 1.78 bits per heavy atom. The zero-order chi connectivity index (χ0) is 12.1. The van der Waals surface area contributed by atoms with Crippen molar-refractivity contribution in [3.05, 3.63) is 0 Å². The normalized spacial score (nSPS) is 41.4. The maximum absolute atomic E-state index is 5.56. The third kappa shape index (κ3) is 1.83. The fraction of sp³-hybridized carbons (Fsp3) is 0.846. The van der Waals surface area contributed by atoms with Crippen LogP contribution in [-0.4, -0.2) is 20.9 Å². The molecule has 1 aromatic heterocycles. The van der Waals surface area contributed by atoms with Crippen molar-refractivity contribution in [3.8, 4) is 0 Å². The predicted octanol–water partition coefficient (Wildman–Crippen LogP) is 2.55. The van der Waals surface area contributed by atoms with Gasteiger partial charge in [-0.3, -0.25) is 0 Å². The van der Waals surface area contributed by atoms with Crippen molar-refractivity contribution in [3.63, 3.8) is 0 Å². The van der Waals surface area contributed by atoms with Crippen LogP contribution < -0.4 is 5.73 Å². The number of nitrogens with one attached hydrogen (secondary N) is 1. The van der Waals surface area contributed by atoms with E-state index in [4.69, 9.17) is 5.73 Å². The molecule has 3 N–H and O–H groups in total. The van der Waals surface area contributed by atoms with E-state index in [0.29, 0.717) is 5.95 Å². The van der Waals surface area contributed by atoms with Crippen LogP contribution in [0.4, 0.5) is 5.95 Å². The van der Waals surface area contributed by atoms with Gasteiger partial charge in [0.25, 0.3) is 0 Å². The number of H-pyrrole nitrogens is 1. The molecule has 4 aliphatic rings. The Balaban J connectivity index is 1.43. The second-order valence-electron chi connectivity index (χ2n) is 6.41. The van der Waals surface area contributed by atoms with E-state index in [-0.39, 0.29) is 0 Å². The summed E-state index contributed by atoms with van der Waals surface area (Å²) < 4.78 is 0. The van der Waals surface area contributed by atoms with Crippen LogP contribution in [0.2, 0.25) is 0 Å². The van der Waals surface area contributed by atoms with Gasteiger partial charge in [0.05, 0.1) is 0 Å². The van der Waals surface area contributed by atoms with Gasteiger partial charge in [0.15, 0.2) is 0 Å². The molecule has 0 atom stereocenters. The summed E-state index contributed by atoms with van der Waals surface area (Å²) in [5, 5.41) is 7.66. The number of aromatic amines is 1. The van der Waals surface area contributed by atoms with E-state index < -0.39 is 0 Å². The van der Waals surface area contributed by atoms with Gasteiger partial charge in [0, 0.05) is 5.75 Å². The molecule has 1 heterocycles. The monoisotopic (exact) mass is 264 g/mol. The molecule has 18 heavy (non-hydrogen) atoms. The van der Waals surface area contributed by atoms with Gasteiger partial charge in [-0.05, 0) is 61.7 Å². The van der Waals surface area contributed by atoms with Crippen LogP contribution >= 0.6 is 11.8 Å². The maximum Gasteiger partial charge on any atom is 0.216 e. The van der Waals surface area contributed by atoms with E-state index in [1.807, 2.05) is 0 Å². The maximum atomic E-state index is 5.56. The summed E-state index contributed by atoms with van der Waals surface area (Å²) in [5.41, 5.74) is 5.56. The zero-order valence-electron chi connectivity index (χ0n) is 10.5. The molecule has 0 aliphatic heterocycles.